The number of β-amino-alcohol motifs (C(OH)–C–C–N with tert-alkyl or cyclic N) is 1. The maximum atomic E-state index is 12.4. The first-order valence-electron chi connectivity index (χ1n) is 6.30. The highest BCUT2D eigenvalue weighted by atomic mass is 79.9. The zero-order valence-corrected chi connectivity index (χ0v) is 12.2. The molecule has 1 aliphatic heterocycles. The van der Waals surface area contributed by atoms with Crippen LogP contribution in [0, 0.1) is 0 Å². The van der Waals surface area contributed by atoms with E-state index in [2.05, 4.69) is 36.3 Å². The maximum absolute atomic E-state index is 12.4. The molecule has 0 aromatic carbocycles. The summed E-state index contributed by atoms with van der Waals surface area (Å²) in [5.41, 5.74) is -0.158. The van der Waals surface area contributed by atoms with Crippen LogP contribution >= 0.6 is 15.9 Å². The molecule has 0 aliphatic carbocycles. The molecular formula is C12H14BrN5O2. The Balaban J connectivity index is 1.80. The van der Waals surface area contributed by atoms with Gasteiger partial charge in [0.05, 0.1) is 12.7 Å². The number of halogens is 1. The van der Waals surface area contributed by atoms with Crippen LogP contribution in [0.1, 0.15) is 29.0 Å². The van der Waals surface area contributed by atoms with Crippen LogP contribution in [0.15, 0.2) is 22.9 Å². The van der Waals surface area contributed by atoms with Crippen LogP contribution in [0.3, 0.4) is 0 Å². The lowest BCUT2D eigenvalue weighted by Gasteiger charge is -2.37. The summed E-state index contributed by atoms with van der Waals surface area (Å²) in [7, 11) is 0. The van der Waals surface area contributed by atoms with Crippen LogP contribution in [-0.2, 0) is 5.60 Å². The number of aromatic nitrogens is 4. The van der Waals surface area contributed by atoms with E-state index in [0.717, 1.165) is 10.9 Å². The molecule has 1 fully saturated rings. The third kappa shape index (κ3) is 2.36. The van der Waals surface area contributed by atoms with E-state index in [1.807, 2.05) is 0 Å². The second kappa shape index (κ2) is 5.02. The third-order valence-electron chi connectivity index (χ3n) is 3.53. The molecule has 0 radical (unpaired) electrons. The zero-order chi connectivity index (χ0) is 14.2. The van der Waals surface area contributed by atoms with Crippen LogP contribution in [0.2, 0.25) is 0 Å². The van der Waals surface area contributed by atoms with Crippen LogP contribution < -0.4 is 0 Å². The Bertz CT molecular complexity index is 611. The Morgan fingerprint density at radius 3 is 3.05 bits per heavy atom. The number of rotatable bonds is 2. The van der Waals surface area contributed by atoms with E-state index < -0.39 is 5.60 Å². The van der Waals surface area contributed by atoms with Crippen molar-refractivity contribution in [2.24, 2.45) is 0 Å². The van der Waals surface area contributed by atoms with Gasteiger partial charge in [0, 0.05) is 17.2 Å². The first-order chi connectivity index (χ1) is 9.58. The van der Waals surface area contributed by atoms with Crippen LogP contribution in [0.25, 0.3) is 0 Å². The Labute approximate surface area is 123 Å². The molecule has 0 bridgehead atoms. The number of aromatic amines is 2. The molecule has 7 nitrogen and oxygen atoms in total. The van der Waals surface area contributed by atoms with Crippen molar-refractivity contribution >= 4 is 21.8 Å². The summed E-state index contributed by atoms with van der Waals surface area (Å²) in [5.74, 6) is -0.127. The largest absolute Gasteiger partial charge is 0.382 e. The zero-order valence-electron chi connectivity index (χ0n) is 10.6. The number of nitrogens with one attached hydrogen (secondary N) is 2. The number of likely N-dealkylation sites (tertiary alicyclic amines) is 1. The molecule has 0 unspecified atom stereocenters. The van der Waals surface area contributed by atoms with Crippen molar-refractivity contribution in [2.45, 2.75) is 18.4 Å². The van der Waals surface area contributed by atoms with Gasteiger partial charge in [-0.2, -0.15) is 15.4 Å². The van der Waals surface area contributed by atoms with Gasteiger partial charge in [-0.15, -0.1) is 0 Å². The lowest BCUT2D eigenvalue weighted by atomic mass is 9.90. The minimum absolute atomic E-state index is 0.127. The van der Waals surface area contributed by atoms with Gasteiger partial charge in [-0.05, 0) is 34.8 Å². The molecule has 3 heterocycles. The van der Waals surface area contributed by atoms with Crippen molar-refractivity contribution in [3.05, 3.63) is 34.3 Å². The molecular weight excluding hydrogens is 326 g/mol. The van der Waals surface area contributed by atoms with Crippen molar-refractivity contribution in [3.63, 3.8) is 0 Å². The number of carbonyl (C=O) groups is 1. The summed E-state index contributed by atoms with van der Waals surface area (Å²) < 4.78 is 0.824. The molecule has 20 heavy (non-hydrogen) atoms. The minimum Gasteiger partial charge on any atom is -0.382 e. The number of H-pyrrole nitrogens is 2. The molecule has 3 N–H and O–H groups in total. The lowest BCUT2D eigenvalue weighted by Crippen LogP contribution is -2.48. The van der Waals surface area contributed by atoms with Gasteiger partial charge in [0.15, 0.2) is 0 Å². The highest BCUT2D eigenvalue weighted by Gasteiger charge is 2.39. The monoisotopic (exact) mass is 339 g/mol. The average molecular weight is 340 g/mol. The number of aliphatic hydroxyl groups is 1. The van der Waals surface area contributed by atoms with Crippen molar-refractivity contribution in [3.8, 4) is 0 Å². The predicted octanol–water partition coefficient (Wildman–Crippen LogP) is 1.02. The Morgan fingerprint density at radius 1 is 1.55 bits per heavy atom. The fraction of sp³-hybridized carbons (Fsp3) is 0.417. The van der Waals surface area contributed by atoms with Crippen molar-refractivity contribution in [2.75, 3.05) is 13.1 Å². The second-order valence-corrected chi connectivity index (χ2v) is 5.86. The lowest BCUT2D eigenvalue weighted by molar-refractivity contribution is -0.0321. The number of hydrogen-bond acceptors (Lipinski definition) is 4. The molecule has 1 aliphatic rings. The van der Waals surface area contributed by atoms with E-state index in [1.54, 1.807) is 17.2 Å². The van der Waals surface area contributed by atoms with Crippen molar-refractivity contribution in [1.29, 1.82) is 0 Å². The van der Waals surface area contributed by atoms with Crippen LogP contribution in [0.5, 0.6) is 0 Å². The smallest absolute Gasteiger partial charge is 0.270 e. The fourth-order valence-corrected chi connectivity index (χ4v) is 2.85. The Morgan fingerprint density at radius 2 is 2.40 bits per heavy atom. The van der Waals surface area contributed by atoms with E-state index in [4.69, 9.17) is 0 Å². The summed E-state index contributed by atoms with van der Waals surface area (Å²) in [6.07, 6.45) is 4.49. The van der Waals surface area contributed by atoms with E-state index >= 15 is 0 Å². The van der Waals surface area contributed by atoms with Crippen LogP contribution in [0.4, 0.5) is 0 Å². The molecule has 3 rings (SSSR count). The molecule has 2 aromatic rings. The summed E-state index contributed by atoms with van der Waals surface area (Å²) >= 11 is 3.30. The standard InChI is InChI=1S/C12H14BrN5O2/c13-8-4-9(14-5-8)11(19)18-3-1-2-12(20,7-18)10-6-15-17-16-10/h4-6,14,20H,1-3,7H2,(H,15,16,17)/t12-/m1/s1. The minimum atomic E-state index is -1.13. The number of hydrogen-bond donors (Lipinski definition) is 3. The molecule has 0 saturated carbocycles. The fourth-order valence-electron chi connectivity index (χ4n) is 2.51. The number of nitrogens with zero attached hydrogens (tertiary/aromatic N) is 3. The molecule has 106 valence electrons. The number of carbonyl (C=O) groups excluding carboxylic acids is 1. The van der Waals surface area contributed by atoms with Gasteiger partial charge in [-0.25, -0.2) is 0 Å². The predicted molar refractivity (Wildman–Crippen MR) is 73.9 cm³/mol. The van der Waals surface area contributed by atoms with Gasteiger partial charge >= 0.3 is 0 Å². The maximum Gasteiger partial charge on any atom is 0.270 e. The normalized spacial score (nSPS) is 23.0. The molecule has 8 heteroatoms. The van der Waals surface area contributed by atoms with Gasteiger partial charge in [0.25, 0.3) is 5.91 Å². The van der Waals surface area contributed by atoms with Crippen molar-refractivity contribution < 1.29 is 9.90 Å². The highest BCUT2D eigenvalue weighted by molar-refractivity contribution is 9.10. The van der Waals surface area contributed by atoms with Crippen molar-refractivity contribution in [1.82, 2.24) is 25.3 Å². The first kappa shape index (κ1) is 13.3. The summed E-state index contributed by atoms with van der Waals surface area (Å²) in [4.78, 5) is 16.9. The summed E-state index contributed by atoms with van der Waals surface area (Å²) in [6.45, 7) is 0.838. The molecule has 1 amide bonds. The van der Waals surface area contributed by atoms with Gasteiger partial charge in [0.2, 0.25) is 0 Å². The Kier molecular flexibility index (Phi) is 3.35. The summed E-state index contributed by atoms with van der Waals surface area (Å²) in [5, 5.41) is 20.8. The van der Waals surface area contributed by atoms with E-state index in [-0.39, 0.29) is 12.5 Å². The number of piperidine rings is 1. The molecule has 2 aromatic heterocycles. The van der Waals surface area contributed by atoms with E-state index in [0.29, 0.717) is 24.4 Å². The van der Waals surface area contributed by atoms with Gasteiger partial charge in [-0.1, -0.05) is 0 Å². The summed E-state index contributed by atoms with van der Waals surface area (Å²) in [6, 6.07) is 1.73. The SMILES string of the molecule is O=C(c1cc(Br)c[nH]1)N1CCC[C@](O)(c2cn[nH]n2)C1. The van der Waals surface area contributed by atoms with Gasteiger partial charge in [0.1, 0.15) is 17.0 Å². The van der Waals surface area contributed by atoms with Gasteiger partial charge in [-0.3, -0.25) is 4.79 Å². The molecule has 0 spiro atoms. The topological polar surface area (TPSA) is 97.9 Å². The first-order valence-corrected chi connectivity index (χ1v) is 7.10. The average Bonchev–Trinajstić information content (AvgIpc) is 3.09. The molecule has 1 saturated heterocycles. The van der Waals surface area contributed by atoms with E-state index in [1.165, 1.54) is 6.20 Å². The van der Waals surface area contributed by atoms with E-state index in [9.17, 15) is 9.90 Å². The second-order valence-electron chi connectivity index (χ2n) is 4.95. The highest BCUT2D eigenvalue weighted by Crippen LogP contribution is 2.30. The van der Waals surface area contributed by atoms with Gasteiger partial charge < -0.3 is 15.0 Å². The number of amides is 1. The Hall–Kier alpha value is -1.67. The third-order valence-corrected chi connectivity index (χ3v) is 3.99. The quantitative estimate of drug-likeness (QED) is 0.760. The van der Waals surface area contributed by atoms with Crippen LogP contribution in [-0.4, -0.2) is 49.4 Å². The molecule has 1 atom stereocenters.